The van der Waals surface area contributed by atoms with E-state index in [-0.39, 0.29) is 0 Å². The van der Waals surface area contributed by atoms with E-state index in [0.717, 1.165) is 31.7 Å². The van der Waals surface area contributed by atoms with E-state index in [9.17, 15) is 9.59 Å². The summed E-state index contributed by atoms with van der Waals surface area (Å²) in [6.07, 6.45) is 0. The highest BCUT2D eigenvalue weighted by Gasteiger charge is 2.25. The number of para-hydroxylation sites is 1. The zero-order valence-corrected chi connectivity index (χ0v) is 17.5. The maximum absolute atomic E-state index is 13.0. The quantitative estimate of drug-likeness (QED) is 0.511. The summed E-state index contributed by atoms with van der Waals surface area (Å²) in [5.41, 5.74) is 1.25. The molecule has 0 radical (unpaired) electrons. The fraction of sp³-hybridized carbons (Fsp3) is 0.227. The van der Waals surface area contributed by atoms with Crippen LogP contribution in [0.3, 0.4) is 0 Å². The van der Waals surface area contributed by atoms with E-state index in [1.54, 1.807) is 10.6 Å². The molecule has 3 heterocycles. The summed E-state index contributed by atoms with van der Waals surface area (Å²) in [7, 11) is 0. The molecule has 8 nitrogen and oxygen atoms in total. The molecule has 0 saturated carbocycles. The maximum atomic E-state index is 13.0. The third-order valence-electron chi connectivity index (χ3n) is 5.45. The van der Waals surface area contributed by atoms with Crippen LogP contribution in [0.15, 0.2) is 64.2 Å². The first-order valence-electron chi connectivity index (χ1n) is 10.1. The first-order valence-corrected chi connectivity index (χ1v) is 10.5. The van der Waals surface area contributed by atoms with Gasteiger partial charge in [-0.05, 0) is 17.7 Å². The monoisotopic (exact) mass is 436 g/mol. The van der Waals surface area contributed by atoms with Crippen molar-refractivity contribution in [1.82, 2.24) is 24.4 Å². The summed E-state index contributed by atoms with van der Waals surface area (Å²) in [6, 6.07) is 16.9. The van der Waals surface area contributed by atoms with E-state index in [1.807, 2.05) is 48.5 Å². The number of imidazole rings is 1. The highest BCUT2D eigenvalue weighted by Crippen LogP contribution is 2.29. The standard InChI is InChI=1S/C22H21ClN6O2/c23-16-8-4-5-9-17(16)29-18-19(25-21(29)27-12-10-24-11-13-27)28(22(31)26-20(18)30)14-15-6-2-1-3-7-15/h1-9,24H,10-14H2,(H,26,30,31). The maximum Gasteiger partial charge on any atom is 0.330 e. The minimum Gasteiger partial charge on any atom is -0.339 e. The Morgan fingerprint density at radius 1 is 0.968 bits per heavy atom. The van der Waals surface area contributed by atoms with Gasteiger partial charge in [0.05, 0.1) is 17.3 Å². The van der Waals surface area contributed by atoms with E-state index in [0.29, 0.717) is 34.4 Å². The van der Waals surface area contributed by atoms with Crippen molar-refractivity contribution in [2.45, 2.75) is 6.54 Å². The number of fused-ring (bicyclic) bond motifs is 1. The summed E-state index contributed by atoms with van der Waals surface area (Å²) in [4.78, 5) is 35.2. The largest absolute Gasteiger partial charge is 0.339 e. The smallest absolute Gasteiger partial charge is 0.330 e. The second-order valence-corrected chi connectivity index (χ2v) is 7.85. The molecule has 1 aliphatic rings. The number of halogens is 1. The Kier molecular flexibility index (Phi) is 5.09. The third-order valence-corrected chi connectivity index (χ3v) is 5.77. The molecule has 1 fully saturated rings. The minimum atomic E-state index is -0.489. The van der Waals surface area contributed by atoms with Gasteiger partial charge in [0.25, 0.3) is 5.56 Å². The molecule has 2 aromatic carbocycles. The van der Waals surface area contributed by atoms with Crippen LogP contribution in [0.2, 0.25) is 5.02 Å². The molecule has 0 bridgehead atoms. The van der Waals surface area contributed by atoms with E-state index in [1.165, 1.54) is 4.57 Å². The summed E-state index contributed by atoms with van der Waals surface area (Å²) in [5.74, 6) is 0.600. The Hall–Kier alpha value is -3.36. The molecule has 1 aliphatic heterocycles. The average Bonchev–Trinajstić information content (AvgIpc) is 3.19. The van der Waals surface area contributed by atoms with E-state index in [2.05, 4.69) is 15.2 Å². The van der Waals surface area contributed by atoms with Gasteiger partial charge in [-0.3, -0.25) is 18.9 Å². The first kappa shape index (κ1) is 19.6. The number of rotatable bonds is 4. The fourth-order valence-corrected chi connectivity index (χ4v) is 4.18. The van der Waals surface area contributed by atoms with Gasteiger partial charge >= 0.3 is 5.69 Å². The molecule has 2 N–H and O–H groups in total. The van der Waals surface area contributed by atoms with Crippen LogP contribution in [0, 0.1) is 0 Å². The predicted octanol–water partition coefficient (Wildman–Crippen LogP) is 1.99. The van der Waals surface area contributed by atoms with Crippen molar-refractivity contribution in [2.75, 3.05) is 31.1 Å². The van der Waals surface area contributed by atoms with Gasteiger partial charge in [-0.2, -0.15) is 4.98 Å². The van der Waals surface area contributed by atoms with Crippen LogP contribution >= 0.6 is 11.6 Å². The molecule has 4 aromatic rings. The molecule has 0 amide bonds. The van der Waals surface area contributed by atoms with Crippen LogP contribution < -0.4 is 21.5 Å². The lowest BCUT2D eigenvalue weighted by Crippen LogP contribution is -2.44. The van der Waals surface area contributed by atoms with Crippen molar-refractivity contribution in [3.63, 3.8) is 0 Å². The molecular weight excluding hydrogens is 416 g/mol. The zero-order valence-electron chi connectivity index (χ0n) is 16.7. The van der Waals surface area contributed by atoms with E-state index in [4.69, 9.17) is 16.6 Å². The molecule has 31 heavy (non-hydrogen) atoms. The molecule has 5 rings (SSSR count). The van der Waals surface area contributed by atoms with Gasteiger partial charge in [-0.15, -0.1) is 0 Å². The lowest BCUT2D eigenvalue weighted by Gasteiger charge is -2.28. The Morgan fingerprint density at radius 3 is 2.42 bits per heavy atom. The second-order valence-electron chi connectivity index (χ2n) is 7.44. The van der Waals surface area contributed by atoms with Gasteiger partial charge in [-0.1, -0.05) is 54.1 Å². The molecule has 158 valence electrons. The number of hydrogen-bond acceptors (Lipinski definition) is 5. The third kappa shape index (κ3) is 3.54. The van der Waals surface area contributed by atoms with Crippen molar-refractivity contribution in [3.05, 3.63) is 86.0 Å². The number of piperazine rings is 1. The summed E-state index contributed by atoms with van der Waals surface area (Å²) >= 11 is 6.52. The van der Waals surface area contributed by atoms with Crippen LogP contribution in [0.4, 0.5) is 5.95 Å². The number of H-pyrrole nitrogens is 1. The van der Waals surface area contributed by atoms with Crippen LogP contribution in [0.1, 0.15) is 5.56 Å². The van der Waals surface area contributed by atoms with Crippen molar-refractivity contribution in [2.24, 2.45) is 0 Å². The predicted molar refractivity (Wildman–Crippen MR) is 122 cm³/mol. The van der Waals surface area contributed by atoms with Crippen LogP contribution in [-0.2, 0) is 6.54 Å². The molecule has 2 aromatic heterocycles. The Morgan fingerprint density at radius 2 is 1.68 bits per heavy atom. The number of aromatic nitrogens is 4. The Balaban J connectivity index is 1.81. The van der Waals surface area contributed by atoms with Gasteiger partial charge in [0.1, 0.15) is 0 Å². The fourth-order valence-electron chi connectivity index (χ4n) is 3.96. The van der Waals surface area contributed by atoms with Crippen LogP contribution in [-0.4, -0.2) is 45.3 Å². The normalized spacial score (nSPS) is 14.3. The summed E-state index contributed by atoms with van der Waals surface area (Å²) < 4.78 is 3.27. The van der Waals surface area contributed by atoms with E-state index >= 15 is 0 Å². The second kappa shape index (κ2) is 8.05. The highest BCUT2D eigenvalue weighted by atomic mass is 35.5. The van der Waals surface area contributed by atoms with Crippen molar-refractivity contribution in [3.8, 4) is 5.69 Å². The molecule has 0 spiro atoms. The summed E-state index contributed by atoms with van der Waals surface area (Å²) in [6.45, 7) is 3.37. The number of benzene rings is 2. The van der Waals surface area contributed by atoms with Gasteiger partial charge in [-0.25, -0.2) is 4.79 Å². The number of hydrogen-bond donors (Lipinski definition) is 2. The lowest BCUT2D eigenvalue weighted by molar-refractivity contribution is 0.578. The molecule has 0 aliphatic carbocycles. The van der Waals surface area contributed by atoms with Crippen molar-refractivity contribution < 1.29 is 0 Å². The number of aromatic amines is 1. The summed E-state index contributed by atoms with van der Waals surface area (Å²) in [5, 5.41) is 3.82. The molecule has 0 atom stereocenters. The van der Waals surface area contributed by atoms with Crippen LogP contribution in [0.25, 0.3) is 16.9 Å². The zero-order chi connectivity index (χ0) is 21.4. The number of anilines is 1. The minimum absolute atomic E-state index is 0.299. The first-order chi connectivity index (χ1) is 15.1. The van der Waals surface area contributed by atoms with E-state index < -0.39 is 11.2 Å². The highest BCUT2D eigenvalue weighted by molar-refractivity contribution is 6.32. The van der Waals surface area contributed by atoms with Crippen molar-refractivity contribution >= 4 is 28.7 Å². The van der Waals surface area contributed by atoms with Crippen molar-refractivity contribution in [1.29, 1.82) is 0 Å². The van der Waals surface area contributed by atoms with Gasteiger partial charge in [0.15, 0.2) is 11.2 Å². The van der Waals surface area contributed by atoms with Gasteiger partial charge in [0.2, 0.25) is 5.95 Å². The van der Waals surface area contributed by atoms with Gasteiger partial charge in [0, 0.05) is 26.2 Å². The Labute approximate surface area is 182 Å². The van der Waals surface area contributed by atoms with Gasteiger partial charge < -0.3 is 10.2 Å². The van der Waals surface area contributed by atoms with Crippen LogP contribution in [0.5, 0.6) is 0 Å². The lowest BCUT2D eigenvalue weighted by atomic mass is 10.2. The molecule has 9 heteroatoms. The SMILES string of the molecule is O=c1[nH]c(=O)n(Cc2ccccc2)c2nc(N3CCNCC3)n(-c3ccccc3Cl)c12. The number of nitrogens with one attached hydrogen (secondary N) is 2. The Bertz CT molecular complexity index is 1350. The average molecular weight is 437 g/mol. The number of nitrogens with zero attached hydrogens (tertiary/aromatic N) is 4. The molecule has 0 unspecified atom stereocenters. The topological polar surface area (TPSA) is 87.9 Å². The molecular formula is C22H21ClN6O2. The molecule has 1 saturated heterocycles.